The van der Waals surface area contributed by atoms with Gasteiger partial charge in [-0.05, 0) is 59.3 Å². The molecule has 0 aliphatic carbocycles. The smallest absolute Gasteiger partial charge is 0.244 e. The van der Waals surface area contributed by atoms with Crippen molar-refractivity contribution in [1.82, 2.24) is 35.5 Å². The van der Waals surface area contributed by atoms with E-state index >= 15 is 0 Å². The number of tetrazole rings is 1. The Balaban J connectivity index is 1.44. The lowest BCUT2D eigenvalue weighted by Gasteiger charge is -2.15. The molecule has 10 nitrogen and oxygen atoms in total. The van der Waals surface area contributed by atoms with Crippen molar-refractivity contribution in [2.24, 2.45) is 0 Å². The van der Waals surface area contributed by atoms with Crippen LogP contribution in [0.15, 0.2) is 61.0 Å². The van der Waals surface area contributed by atoms with Crippen molar-refractivity contribution in [3.05, 3.63) is 88.3 Å². The van der Waals surface area contributed by atoms with Gasteiger partial charge in [-0.3, -0.25) is 9.59 Å². The minimum Gasteiger partial charge on any atom is -0.342 e. The topological polar surface area (TPSA) is 130 Å². The van der Waals surface area contributed by atoms with Gasteiger partial charge in [-0.2, -0.15) is 4.68 Å². The first-order valence-corrected chi connectivity index (χ1v) is 12.1. The molecule has 2 bridgehead atoms. The Labute approximate surface area is 225 Å². The number of nitrogens with one attached hydrogen (secondary N) is 3. The van der Waals surface area contributed by atoms with Crippen LogP contribution in [0.2, 0.25) is 10.2 Å². The number of amides is 2. The zero-order chi connectivity index (χ0) is 26.6. The number of H-pyrrole nitrogens is 1. The van der Waals surface area contributed by atoms with Crippen molar-refractivity contribution in [3.63, 3.8) is 0 Å². The van der Waals surface area contributed by atoms with Gasteiger partial charge in [-0.15, -0.1) is 5.10 Å². The first kappa shape index (κ1) is 25.3. The minimum absolute atomic E-state index is 0.0674. The van der Waals surface area contributed by atoms with E-state index in [1.807, 2.05) is 0 Å². The molecule has 1 atom stereocenters. The van der Waals surface area contributed by atoms with E-state index in [9.17, 15) is 14.0 Å². The van der Waals surface area contributed by atoms with Crippen molar-refractivity contribution in [2.75, 3.05) is 5.32 Å². The fourth-order valence-corrected chi connectivity index (χ4v) is 4.35. The van der Waals surface area contributed by atoms with Crippen molar-refractivity contribution in [2.45, 2.75) is 18.9 Å². The number of benzene rings is 2. The normalized spacial score (nSPS) is 16.3. The predicted octanol–water partition coefficient (Wildman–Crippen LogP) is 4.66. The fourth-order valence-electron chi connectivity index (χ4n) is 3.93. The summed E-state index contributed by atoms with van der Waals surface area (Å²) in [5.74, 6) is -0.856. The van der Waals surface area contributed by atoms with Crippen LogP contribution in [0.4, 0.5) is 10.1 Å². The average Bonchev–Trinajstić information content (AvgIpc) is 3.54. The van der Waals surface area contributed by atoms with E-state index in [0.717, 1.165) is 0 Å². The van der Waals surface area contributed by atoms with Crippen molar-refractivity contribution >= 4 is 46.8 Å². The minimum atomic E-state index is -0.598. The maximum absolute atomic E-state index is 13.9. The maximum atomic E-state index is 13.9. The number of aromatic nitrogens is 6. The number of carbonyl (C=O) groups is 2. The second-order valence-electron chi connectivity index (χ2n) is 8.29. The summed E-state index contributed by atoms with van der Waals surface area (Å²) in [5, 5.41) is 17.4. The number of imidazole rings is 1. The maximum Gasteiger partial charge on any atom is 0.244 e. The van der Waals surface area contributed by atoms with Gasteiger partial charge in [0, 0.05) is 28.6 Å². The van der Waals surface area contributed by atoms with Crippen LogP contribution in [0.3, 0.4) is 0 Å². The molecule has 0 unspecified atom stereocenters. The predicted molar refractivity (Wildman–Crippen MR) is 140 cm³/mol. The molecule has 1 aliphatic heterocycles. The zero-order valence-corrected chi connectivity index (χ0v) is 21.0. The SMILES string of the molecule is O=C(/C=C/c1cc(Cl)ccc1-n1cnnn1)N[C@H]1C/C=C/CC(=O)Nc2cc(F)ccc2-c2nc1[nH]c2Cl. The summed E-state index contributed by atoms with van der Waals surface area (Å²) in [6.45, 7) is 0. The molecule has 3 N–H and O–H groups in total. The standard InChI is InChI=1S/C25H19Cl2FN8O2/c26-15-6-9-20(36-13-29-34-35-36)14(11-15)5-10-22(38)30-18-3-1-2-4-21(37)31-19-12-16(28)7-8-17(19)23-24(27)33-25(18)32-23/h1-2,5-13,18H,3-4H2,(H,30,38)(H,31,37)(H,32,33)/b2-1+,10-5+/t18-/m0/s1. The molecule has 13 heteroatoms. The third-order valence-electron chi connectivity index (χ3n) is 5.68. The van der Waals surface area contributed by atoms with Crippen LogP contribution in [0.5, 0.6) is 0 Å². The molecule has 0 saturated heterocycles. The molecule has 38 heavy (non-hydrogen) atoms. The molecule has 2 amide bonds. The second kappa shape index (κ2) is 11.0. The van der Waals surface area contributed by atoms with Gasteiger partial charge in [0.25, 0.3) is 0 Å². The molecule has 0 radical (unpaired) electrons. The van der Waals surface area contributed by atoms with Gasteiger partial charge in [0.05, 0.1) is 17.4 Å². The van der Waals surface area contributed by atoms with E-state index < -0.39 is 17.8 Å². The number of hydrogen-bond donors (Lipinski definition) is 3. The summed E-state index contributed by atoms with van der Waals surface area (Å²) in [5.41, 5.74) is 2.26. The number of rotatable bonds is 4. The second-order valence-corrected chi connectivity index (χ2v) is 9.10. The molecule has 2 aromatic carbocycles. The van der Waals surface area contributed by atoms with E-state index in [2.05, 4.69) is 36.1 Å². The first-order chi connectivity index (χ1) is 18.4. The Hall–Kier alpha value is -4.35. The number of fused-ring (bicyclic) bond motifs is 4. The number of anilines is 1. The third kappa shape index (κ3) is 5.63. The lowest BCUT2D eigenvalue weighted by Crippen LogP contribution is -2.27. The number of carbonyl (C=O) groups excluding carboxylic acids is 2. The molecular weight excluding hydrogens is 534 g/mol. The van der Waals surface area contributed by atoms with Gasteiger partial charge < -0.3 is 15.6 Å². The first-order valence-electron chi connectivity index (χ1n) is 11.4. The number of halogens is 3. The molecule has 5 rings (SSSR count). The monoisotopic (exact) mass is 552 g/mol. The highest BCUT2D eigenvalue weighted by Gasteiger charge is 2.22. The Morgan fingerprint density at radius 1 is 1.18 bits per heavy atom. The van der Waals surface area contributed by atoms with Crippen LogP contribution < -0.4 is 10.6 Å². The van der Waals surface area contributed by atoms with E-state index in [0.29, 0.717) is 39.8 Å². The number of nitrogens with zero attached hydrogens (tertiary/aromatic N) is 5. The van der Waals surface area contributed by atoms with Gasteiger partial charge >= 0.3 is 0 Å². The van der Waals surface area contributed by atoms with Crippen LogP contribution in [0.1, 0.15) is 30.3 Å². The number of hydrogen-bond acceptors (Lipinski definition) is 6. The summed E-state index contributed by atoms with van der Waals surface area (Å²) < 4.78 is 15.4. The average molecular weight is 553 g/mol. The lowest BCUT2D eigenvalue weighted by molar-refractivity contribution is -0.117. The molecule has 0 spiro atoms. The van der Waals surface area contributed by atoms with Crippen molar-refractivity contribution in [1.29, 1.82) is 0 Å². The molecular formula is C25H19Cl2FN8O2. The van der Waals surface area contributed by atoms with Crippen molar-refractivity contribution in [3.8, 4) is 16.9 Å². The highest BCUT2D eigenvalue weighted by atomic mass is 35.5. The van der Waals surface area contributed by atoms with E-state index in [1.54, 1.807) is 36.4 Å². The fraction of sp³-hybridized carbons (Fsp3) is 0.120. The molecule has 0 saturated carbocycles. The largest absolute Gasteiger partial charge is 0.342 e. The Bertz CT molecular complexity index is 1570. The van der Waals surface area contributed by atoms with Gasteiger partial charge in [-0.1, -0.05) is 35.4 Å². The Morgan fingerprint density at radius 2 is 2.05 bits per heavy atom. The highest BCUT2D eigenvalue weighted by molar-refractivity contribution is 6.32. The number of aromatic amines is 1. The molecule has 4 aromatic rings. The van der Waals surface area contributed by atoms with E-state index in [4.69, 9.17) is 23.2 Å². The summed E-state index contributed by atoms with van der Waals surface area (Å²) in [6.07, 6.45) is 8.21. The quantitative estimate of drug-likeness (QED) is 0.249. The van der Waals surface area contributed by atoms with Crippen LogP contribution in [0.25, 0.3) is 23.0 Å². The molecule has 0 fully saturated rings. The van der Waals surface area contributed by atoms with Gasteiger partial charge in [0.15, 0.2) is 0 Å². The van der Waals surface area contributed by atoms with Crippen LogP contribution in [0, 0.1) is 5.82 Å². The summed E-state index contributed by atoms with van der Waals surface area (Å²) >= 11 is 12.6. The van der Waals surface area contributed by atoms with Crippen LogP contribution >= 0.6 is 23.2 Å². The van der Waals surface area contributed by atoms with Crippen LogP contribution in [-0.2, 0) is 9.59 Å². The van der Waals surface area contributed by atoms with Gasteiger partial charge in [0.2, 0.25) is 11.8 Å². The summed E-state index contributed by atoms with van der Waals surface area (Å²) in [4.78, 5) is 32.9. The Morgan fingerprint density at radius 3 is 2.87 bits per heavy atom. The third-order valence-corrected chi connectivity index (χ3v) is 6.19. The van der Waals surface area contributed by atoms with Crippen molar-refractivity contribution < 1.29 is 14.0 Å². The molecule has 2 aromatic heterocycles. The van der Waals surface area contributed by atoms with Gasteiger partial charge in [0.1, 0.15) is 28.8 Å². The van der Waals surface area contributed by atoms with Crippen LogP contribution in [-0.4, -0.2) is 42.0 Å². The van der Waals surface area contributed by atoms with Gasteiger partial charge in [-0.25, -0.2) is 9.37 Å². The molecule has 3 heterocycles. The summed E-state index contributed by atoms with van der Waals surface area (Å²) in [7, 11) is 0. The summed E-state index contributed by atoms with van der Waals surface area (Å²) in [6, 6.07) is 8.46. The Kier molecular flexibility index (Phi) is 7.29. The molecule has 1 aliphatic rings. The lowest BCUT2D eigenvalue weighted by atomic mass is 10.1. The highest BCUT2D eigenvalue weighted by Crippen LogP contribution is 2.34. The van der Waals surface area contributed by atoms with E-state index in [1.165, 1.54) is 35.3 Å². The zero-order valence-electron chi connectivity index (χ0n) is 19.5. The van der Waals surface area contributed by atoms with E-state index in [-0.39, 0.29) is 23.2 Å². The molecule has 192 valence electrons.